The number of rotatable bonds is 3. The van der Waals surface area contributed by atoms with Crippen molar-refractivity contribution in [3.8, 4) is 5.75 Å². The maximum Gasteiger partial charge on any atom is 0.253 e. The Bertz CT molecular complexity index is 993. The summed E-state index contributed by atoms with van der Waals surface area (Å²) < 4.78 is 7.16. The average molecular weight is 350 g/mol. The summed E-state index contributed by atoms with van der Waals surface area (Å²) in [6, 6.07) is 7.60. The molecule has 134 valence electrons. The number of methoxy groups -OCH3 is 1. The zero-order chi connectivity index (χ0) is 18.3. The lowest BCUT2D eigenvalue weighted by molar-refractivity contribution is 0.0932. The Balaban J connectivity index is 1.63. The van der Waals surface area contributed by atoms with E-state index in [1.54, 1.807) is 7.11 Å². The van der Waals surface area contributed by atoms with E-state index < -0.39 is 0 Å². The molecule has 26 heavy (non-hydrogen) atoms. The lowest BCUT2D eigenvalue weighted by Gasteiger charge is -2.24. The molecule has 4 rings (SSSR count). The van der Waals surface area contributed by atoms with Crippen LogP contribution in [0.15, 0.2) is 30.5 Å². The first-order chi connectivity index (χ1) is 12.6. The van der Waals surface area contributed by atoms with Crippen molar-refractivity contribution in [1.82, 2.24) is 20.1 Å². The monoisotopic (exact) mass is 350 g/mol. The summed E-state index contributed by atoms with van der Waals surface area (Å²) in [5, 5.41) is 8.44. The molecule has 0 radical (unpaired) electrons. The van der Waals surface area contributed by atoms with Crippen molar-refractivity contribution in [2.45, 2.75) is 32.2 Å². The van der Waals surface area contributed by atoms with E-state index in [0.29, 0.717) is 11.3 Å². The van der Waals surface area contributed by atoms with Gasteiger partial charge in [0.25, 0.3) is 5.91 Å². The molecule has 6 nitrogen and oxygen atoms in total. The number of fused-ring (bicyclic) bond motifs is 2. The number of pyridine rings is 1. The summed E-state index contributed by atoms with van der Waals surface area (Å²) >= 11 is 0. The number of amides is 1. The molecule has 0 unspecified atom stereocenters. The Morgan fingerprint density at radius 2 is 2.19 bits per heavy atom. The van der Waals surface area contributed by atoms with E-state index in [4.69, 9.17) is 4.74 Å². The number of carbonyl (C=O) groups excluding carboxylic acids is 1. The predicted octanol–water partition coefficient (Wildman–Crippen LogP) is 3.09. The van der Waals surface area contributed by atoms with Gasteiger partial charge in [0.15, 0.2) is 0 Å². The Morgan fingerprint density at radius 3 is 3.00 bits per heavy atom. The van der Waals surface area contributed by atoms with Crippen molar-refractivity contribution < 1.29 is 9.53 Å². The molecular formula is C20H22N4O2. The molecule has 3 aromatic rings. The number of aromatic nitrogens is 3. The molecule has 1 atom stereocenters. The van der Waals surface area contributed by atoms with Gasteiger partial charge < -0.3 is 10.1 Å². The molecule has 0 aliphatic heterocycles. The quantitative estimate of drug-likeness (QED) is 0.788. The summed E-state index contributed by atoms with van der Waals surface area (Å²) in [5.74, 6) is 0.669. The second-order valence-corrected chi connectivity index (χ2v) is 6.77. The molecule has 1 aromatic carbocycles. The van der Waals surface area contributed by atoms with E-state index in [1.807, 2.05) is 49.1 Å². The summed E-state index contributed by atoms with van der Waals surface area (Å²) in [6.45, 7) is 1.87. The van der Waals surface area contributed by atoms with Crippen LogP contribution in [0, 0.1) is 6.92 Å². The Kier molecular flexibility index (Phi) is 4.11. The van der Waals surface area contributed by atoms with Crippen LogP contribution in [0.5, 0.6) is 5.75 Å². The highest BCUT2D eigenvalue weighted by Gasteiger charge is 2.25. The van der Waals surface area contributed by atoms with Crippen molar-refractivity contribution in [1.29, 1.82) is 0 Å². The first-order valence-electron chi connectivity index (χ1n) is 8.84. The molecule has 0 saturated heterocycles. The maximum atomic E-state index is 12.9. The van der Waals surface area contributed by atoms with Crippen LogP contribution in [0.4, 0.5) is 0 Å². The lowest BCUT2D eigenvalue weighted by Crippen LogP contribution is -2.31. The van der Waals surface area contributed by atoms with Gasteiger partial charge in [-0.1, -0.05) is 0 Å². The number of nitrogens with one attached hydrogen (secondary N) is 1. The molecule has 1 N–H and O–H groups in total. The largest absolute Gasteiger partial charge is 0.497 e. The topological polar surface area (TPSA) is 69.0 Å². The van der Waals surface area contributed by atoms with Crippen LogP contribution in [0.2, 0.25) is 0 Å². The Morgan fingerprint density at radius 1 is 1.35 bits per heavy atom. The van der Waals surface area contributed by atoms with Gasteiger partial charge in [0.1, 0.15) is 5.75 Å². The summed E-state index contributed by atoms with van der Waals surface area (Å²) in [7, 11) is 3.58. The standard InChI is InChI=1S/C20H22N4O2/c1-12-15(9-13-7-8-14(26-3)10-18(13)22-12)20(25)23-17-5-4-6-19-16(17)11-21-24(19)2/h7-11,17H,4-6H2,1-3H3,(H,23,25)/t17-/m0/s1. The summed E-state index contributed by atoms with van der Waals surface area (Å²) in [4.78, 5) is 17.5. The Labute approximate surface area is 152 Å². The second kappa shape index (κ2) is 6.44. The third-order valence-corrected chi connectivity index (χ3v) is 5.14. The Hall–Kier alpha value is -2.89. The minimum Gasteiger partial charge on any atom is -0.497 e. The van der Waals surface area contributed by atoms with Gasteiger partial charge in [-0.15, -0.1) is 0 Å². The minimum absolute atomic E-state index is 0.00548. The number of ether oxygens (including phenoxy) is 1. The molecule has 2 aromatic heterocycles. The highest BCUT2D eigenvalue weighted by atomic mass is 16.5. The summed E-state index contributed by atoms with van der Waals surface area (Å²) in [5.41, 5.74) is 4.49. The molecule has 0 bridgehead atoms. The van der Waals surface area contributed by atoms with E-state index >= 15 is 0 Å². The molecule has 0 fully saturated rings. The van der Waals surface area contributed by atoms with Gasteiger partial charge in [-0.3, -0.25) is 14.5 Å². The van der Waals surface area contributed by atoms with Crippen LogP contribution in [0.25, 0.3) is 10.9 Å². The van der Waals surface area contributed by atoms with Crippen molar-refractivity contribution >= 4 is 16.8 Å². The van der Waals surface area contributed by atoms with Crippen molar-refractivity contribution in [3.05, 3.63) is 53.0 Å². The second-order valence-electron chi connectivity index (χ2n) is 6.77. The number of nitrogens with zero attached hydrogens (tertiary/aromatic N) is 3. The van der Waals surface area contributed by atoms with E-state index in [9.17, 15) is 4.79 Å². The molecule has 0 spiro atoms. The van der Waals surface area contributed by atoms with Crippen molar-refractivity contribution in [2.24, 2.45) is 7.05 Å². The van der Waals surface area contributed by atoms with Crippen LogP contribution < -0.4 is 10.1 Å². The fourth-order valence-corrected chi connectivity index (χ4v) is 3.69. The van der Waals surface area contributed by atoms with Gasteiger partial charge in [-0.25, -0.2) is 0 Å². The number of benzene rings is 1. The van der Waals surface area contributed by atoms with Crippen LogP contribution >= 0.6 is 0 Å². The molecule has 2 heterocycles. The number of hydrogen-bond donors (Lipinski definition) is 1. The van der Waals surface area contributed by atoms with E-state index in [0.717, 1.165) is 41.5 Å². The maximum absolute atomic E-state index is 12.9. The third-order valence-electron chi connectivity index (χ3n) is 5.14. The SMILES string of the molecule is COc1ccc2cc(C(=O)N[C@H]3CCCc4c3cnn4C)c(C)nc2c1. The zero-order valence-electron chi connectivity index (χ0n) is 15.2. The van der Waals surface area contributed by atoms with Crippen LogP contribution in [-0.2, 0) is 13.5 Å². The number of aryl methyl sites for hydroxylation is 2. The lowest BCUT2D eigenvalue weighted by atomic mass is 9.92. The number of carbonyl (C=O) groups is 1. The van der Waals surface area contributed by atoms with Gasteiger partial charge in [0.05, 0.1) is 36.1 Å². The predicted molar refractivity (Wildman–Crippen MR) is 99.4 cm³/mol. The first-order valence-corrected chi connectivity index (χ1v) is 8.84. The van der Waals surface area contributed by atoms with Crippen molar-refractivity contribution in [2.75, 3.05) is 7.11 Å². The van der Waals surface area contributed by atoms with Crippen LogP contribution in [0.1, 0.15) is 46.2 Å². The van der Waals surface area contributed by atoms with Gasteiger partial charge in [0.2, 0.25) is 0 Å². The molecular weight excluding hydrogens is 328 g/mol. The average Bonchev–Trinajstić information content (AvgIpc) is 3.02. The summed E-state index contributed by atoms with van der Waals surface area (Å²) in [6.07, 6.45) is 4.86. The van der Waals surface area contributed by atoms with Gasteiger partial charge in [-0.2, -0.15) is 5.10 Å². The number of hydrogen-bond acceptors (Lipinski definition) is 4. The first kappa shape index (κ1) is 16.6. The van der Waals surface area contributed by atoms with Gasteiger partial charge in [0, 0.05) is 29.8 Å². The fraction of sp³-hybridized carbons (Fsp3) is 0.350. The smallest absolute Gasteiger partial charge is 0.253 e. The van der Waals surface area contributed by atoms with Gasteiger partial charge in [-0.05, 0) is 44.4 Å². The fourth-order valence-electron chi connectivity index (χ4n) is 3.69. The van der Waals surface area contributed by atoms with E-state index in [1.165, 1.54) is 5.69 Å². The minimum atomic E-state index is -0.0885. The van der Waals surface area contributed by atoms with Gasteiger partial charge >= 0.3 is 0 Å². The molecule has 0 saturated carbocycles. The molecule has 1 aliphatic carbocycles. The zero-order valence-corrected chi connectivity index (χ0v) is 15.2. The highest BCUT2D eigenvalue weighted by Crippen LogP contribution is 2.30. The third kappa shape index (κ3) is 2.81. The van der Waals surface area contributed by atoms with Crippen LogP contribution in [-0.4, -0.2) is 27.8 Å². The molecule has 1 amide bonds. The molecule has 6 heteroatoms. The molecule has 1 aliphatic rings. The highest BCUT2D eigenvalue weighted by molar-refractivity contribution is 5.99. The van der Waals surface area contributed by atoms with E-state index in [-0.39, 0.29) is 11.9 Å². The van der Waals surface area contributed by atoms with Crippen LogP contribution in [0.3, 0.4) is 0 Å². The van der Waals surface area contributed by atoms with E-state index in [2.05, 4.69) is 15.4 Å². The van der Waals surface area contributed by atoms with Crippen molar-refractivity contribution in [3.63, 3.8) is 0 Å². The normalized spacial score (nSPS) is 16.3.